The highest BCUT2D eigenvalue weighted by atomic mass is 127. The van der Waals surface area contributed by atoms with E-state index in [4.69, 9.17) is 9.73 Å². The van der Waals surface area contributed by atoms with E-state index in [1.807, 2.05) is 29.2 Å². The van der Waals surface area contributed by atoms with Gasteiger partial charge in [0, 0.05) is 37.9 Å². The number of aliphatic imine (C=N–C) groups is 1. The van der Waals surface area contributed by atoms with Gasteiger partial charge in [0.2, 0.25) is 0 Å². The number of hydrogen-bond donors (Lipinski definition) is 1. The number of imidazole rings is 1. The van der Waals surface area contributed by atoms with Gasteiger partial charge in [-0.05, 0) is 30.5 Å². The molecule has 3 aromatic rings. The lowest BCUT2D eigenvalue weighted by molar-refractivity contribution is 0.0906. The molecule has 1 aliphatic rings. The molecule has 0 radical (unpaired) electrons. The van der Waals surface area contributed by atoms with E-state index >= 15 is 0 Å². The van der Waals surface area contributed by atoms with E-state index in [-0.39, 0.29) is 24.0 Å². The summed E-state index contributed by atoms with van der Waals surface area (Å²) in [5.74, 6) is 1.51. The van der Waals surface area contributed by atoms with Crippen molar-refractivity contribution in [1.29, 1.82) is 0 Å². The van der Waals surface area contributed by atoms with Gasteiger partial charge in [-0.15, -0.1) is 24.0 Å². The van der Waals surface area contributed by atoms with E-state index in [1.54, 1.807) is 6.20 Å². The predicted octanol–water partition coefficient (Wildman–Crippen LogP) is 4.49. The number of likely N-dealkylation sites (tertiary alicyclic amines) is 1. The van der Waals surface area contributed by atoms with Gasteiger partial charge < -0.3 is 19.5 Å². The van der Waals surface area contributed by atoms with E-state index in [9.17, 15) is 0 Å². The normalized spacial score (nSPS) is 16.1. The number of ether oxygens (including phenoxy) is 1. The molecule has 0 saturated carbocycles. The largest absolute Gasteiger partial charge is 0.376 e. The van der Waals surface area contributed by atoms with Gasteiger partial charge >= 0.3 is 0 Å². The molecule has 0 bridgehead atoms. The third kappa shape index (κ3) is 6.56. The molecule has 2 heterocycles. The molecule has 1 aliphatic heterocycles. The maximum Gasteiger partial charge on any atom is 0.194 e. The highest BCUT2D eigenvalue weighted by Gasteiger charge is 2.25. The summed E-state index contributed by atoms with van der Waals surface area (Å²) >= 11 is 0. The third-order valence-electron chi connectivity index (χ3n) is 5.56. The second-order valence-electron chi connectivity index (χ2n) is 7.87. The van der Waals surface area contributed by atoms with Crippen LogP contribution in [0.15, 0.2) is 78.3 Å². The zero-order valence-electron chi connectivity index (χ0n) is 18.6. The van der Waals surface area contributed by atoms with E-state index in [2.05, 4.69) is 64.6 Å². The Balaban J connectivity index is 0.00000289. The number of halogens is 1. The Bertz CT molecular complexity index is 961. The van der Waals surface area contributed by atoms with E-state index in [0.717, 1.165) is 44.3 Å². The fraction of sp³-hybridized carbons (Fsp3) is 0.360. The number of guanidine groups is 1. The molecule has 0 spiro atoms. The number of rotatable bonds is 8. The lowest BCUT2D eigenvalue weighted by Gasteiger charge is -2.22. The SMILES string of the molecule is CCNC(=NCc1ccccc1-n1ccnc1)N1CCC(COCc2ccccc2)C1.I. The Morgan fingerprint density at radius 1 is 1.16 bits per heavy atom. The maximum atomic E-state index is 5.98. The number of nitrogens with one attached hydrogen (secondary N) is 1. The van der Waals surface area contributed by atoms with Gasteiger partial charge in [-0.3, -0.25) is 0 Å². The van der Waals surface area contributed by atoms with Gasteiger partial charge in [-0.25, -0.2) is 9.98 Å². The first-order chi connectivity index (χ1) is 15.3. The van der Waals surface area contributed by atoms with Crippen LogP contribution in [-0.4, -0.2) is 46.7 Å². The Kier molecular flexibility index (Phi) is 9.55. The summed E-state index contributed by atoms with van der Waals surface area (Å²) in [7, 11) is 0. The molecule has 32 heavy (non-hydrogen) atoms. The summed E-state index contributed by atoms with van der Waals surface area (Å²) < 4.78 is 8.02. The van der Waals surface area contributed by atoms with Gasteiger partial charge in [0.15, 0.2) is 5.96 Å². The minimum Gasteiger partial charge on any atom is -0.376 e. The average molecular weight is 545 g/mol. The molecule has 2 aromatic carbocycles. The summed E-state index contributed by atoms with van der Waals surface area (Å²) in [4.78, 5) is 11.5. The summed E-state index contributed by atoms with van der Waals surface area (Å²) in [6, 6.07) is 18.7. The Morgan fingerprint density at radius 3 is 2.75 bits per heavy atom. The minimum absolute atomic E-state index is 0. The van der Waals surface area contributed by atoms with Crippen LogP contribution in [0.25, 0.3) is 5.69 Å². The highest BCUT2D eigenvalue weighted by molar-refractivity contribution is 14.0. The van der Waals surface area contributed by atoms with Crippen LogP contribution in [0.4, 0.5) is 0 Å². The number of nitrogens with zero attached hydrogens (tertiary/aromatic N) is 4. The summed E-state index contributed by atoms with van der Waals surface area (Å²) in [5, 5.41) is 3.47. The fourth-order valence-corrected chi connectivity index (χ4v) is 3.96. The van der Waals surface area contributed by atoms with Crippen molar-refractivity contribution in [1.82, 2.24) is 19.8 Å². The van der Waals surface area contributed by atoms with E-state index in [0.29, 0.717) is 19.1 Å². The number of hydrogen-bond acceptors (Lipinski definition) is 3. The Morgan fingerprint density at radius 2 is 1.97 bits per heavy atom. The van der Waals surface area contributed by atoms with Crippen molar-refractivity contribution in [3.8, 4) is 5.69 Å². The monoisotopic (exact) mass is 545 g/mol. The molecule has 0 amide bonds. The number of benzene rings is 2. The summed E-state index contributed by atoms with van der Waals surface area (Å²) in [5.41, 5.74) is 3.52. The number of aromatic nitrogens is 2. The second-order valence-corrected chi connectivity index (χ2v) is 7.87. The van der Waals surface area contributed by atoms with Crippen molar-refractivity contribution in [3.63, 3.8) is 0 Å². The van der Waals surface area contributed by atoms with Crippen LogP contribution in [0.2, 0.25) is 0 Å². The van der Waals surface area contributed by atoms with Crippen molar-refractivity contribution in [2.75, 3.05) is 26.2 Å². The average Bonchev–Trinajstić information content (AvgIpc) is 3.50. The van der Waals surface area contributed by atoms with Gasteiger partial charge in [0.1, 0.15) is 0 Å². The van der Waals surface area contributed by atoms with Crippen LogP contribution in [0.1, 0.15) is 24.5 Å². The molecule has 4 rings (SSSR count). The van der Waals surface area contributed by atoms with Gasteiger partial charge in [0.05, 0.1) is 31.8 Å². The number of para-hydroxylation sites is 1. The molecule has 1 fully saturated rings. The molecule has 1 unspecified atom stereocenters. The fourth-order valence-electron chi connectivity index (χ4n) is 3.96. The van der Waals surface area contributed by atoms with Crippen LogP contribution < -0.4 is 5.32 Å². The van der Waals surface area contributed by atoms with Crippen molar-refractivity contribution < 1.29 is 4.74 Å². The molecule has 0 aliphatic carbocycles. The van der Waals surface area contributed by atoms with Crippen molar-refractivity contribution in [2.24, 2.45) is 10.9 Å². The molecule has 1 atom stereocenters. The molecule has 1 N–H and O–H groups in total. The first-order valence-electron chi connectivity index (χ1n) is 11.0. The molecular formula is C25H32IN5O. The zero-order chi connectivity index (χ0) is 21.3. The highest BCUT2D eigenvalue weighted by Crippen LogP contribution is 2.19. The quantitative estimate of drug-likeness (QED) is 0.258. The van der Waals surface area contributed by atoms with Crippen molar-refractivity contribution in [2.45, 2.75) is 26.5 Å². The Labute approximate surface area is 207 Å². The van der Waals surface area contributed by atoms with E-state index in [1.165, 1.54) is 11.1 Å². The maximum absolute atomic E-state index is 5.98. The van der Waals surface area contributed by atoms with Crippen LogP contribution in [0, 0.1) is 5.92 Å². The van der Waals surface area contributed by atoms with Gasteiger partial charge in [-0.1, -0.05) is 48.5 Å². The lowest BCUT2D eigenvalue weighted by Crippen LogP contribution is -2.40. The van der Waals surface area contributed by atoms with Crippen LogP contribution >= 0.6 is 24.0 Å². The topological polar surface area (TPSA) is 54.7 Å². The van der Waals surface area contributed by atoms with Crippen LogP contribution in [0.5, 0.6) is 0 Å². The predicted molar refractivity (Wildman–Crippen MR) is 140 cm³/mol. The second kappa shape index (κ2) is 12.6. The molecule has 7 heteroatoms. The van der Waals surface area contributed by atoms with Crippen molar-refractivity contribution in [3.05, 3.63) is 84.4 Å². The lowest BCUT2D eigenvalue weighted by atomic mass is 10.1. The first kappa shape index (κ1) is 24.3. The molecule has 6 nitrogen and oxygen atoms in total. The minimum atomic E-state index is 0. The molecule has 170 valence electrons. The standard InChI is InChI=1S/C25H31N5O.HI/c1-2-27-25(28-16-23-10-6-7-11-24(23)30-15-13-26-20-30)29-14-12-22(17-29)19-31-18-21-8-4-3-5-9-21;/h3-11,13,15,20,22H,2,12,14,16-19H2,1H3,(H,27,28);1H. The summed E-state index contributed by atoms with van der Waals surface area (Å²) in [6.07, 6.45) is 6.72. The van der Waals surface area contributed by atoms with Crippen LogP contribution in [-0.2, 0) is 17.9 Å². The first-order valence-corrected chi connectivity index (χ1v) is 11.0. The molecule has 1 aromatic heterocycles. The third-order valence-corrected chi connectivity index (χ3v) is 5.56. The molecular weight excluding hydrogens is 513 g/mol. The van der Waals surface area contributed by atoms with Gasteiger partial charge in [-0.2, -0.15) is 0 Å². The van der Waals surface area contributed by atoms with Crippen molar-refractivity contribution >= 4 is 29.9 Å². The smallest absolute Gasteiger partial charge is 0.194 e. The zero-order valence-corrected chi connectivity index (χ0v) is 20.9. The molecule has 1 saturated heterocycles. The van der Waals surface area contributed by atoms with E-state index < -0.39 is 0 Å². The Hall–Kier alpha value is -2.39. The van der Waals surface area contributed by atoms with Crippen LogP contribution in [0.3, 0.4) is 0 Å². The van der Waals surface area contributed by atoms with Gasteiger partial charge in [0.25, 0.3) is 0 Å². The summed E-state index contributed by atoms with van der Waals surface area (Å²) in [6.45, 7) is 7.05.